The van der Waals surface area contributed by atoms with E-state index in [0.717, 1.165) is 6.42 Å². The Kier molecular flexibility index (Phi) is 38.4. The van der Waals surface area contributed by atoms with Crippen LogP contribution >= 0.6 is 0 Å². The van der Waals surface area contributed by atoms with Crippen molar-refractivity contribution in [2.75, 3.05) is 0 Å². The molecule has 0 aliphatic heterocycles. The quantitative estimate of drug-likeness (QED) is 0.624. The van der Waals surface area contributed by atoms with Crippen molar-refractivity contribution >= 4 is 13.6 Å². The van der Waals surface area contributed by atoms with Gasteiger partial charge in [0.1, 0.15) is 13.6 Å². The number of hydrogen-bond acceptors (Lipinski definition) is 2. The molecular weight excluding hydrogens is 302 g/mol. The zero-order valence-corrected chi connectivity index (χ0v) is 8.26. The fourth-order valence-corrected chi connectivity index (χ4v) is 0.340. The van der Waals surface area contributed by atoms with E-state index in [1.807, 2.05) is 25.7 Å². The summed E-state index contributed by atoms with van der Waals surface area (Å²) in [5.41, 5.74) is 0. The standard InChI is InChI=1S/C5H5.2CH2O.Re/c1-2-4-5-3-1;2*1-2;/h1-3H,4H2;2*1H2;/q-1;;;. The van der Waals surface area contributed by atoms with Gasteiger partial charge < -0.3 is 9.59 Å². The Balaban J connectivity index is -0.0000000875. The Hall–Kier alpha value is -0.518. The summed E-state index contributed by atoms with van der Waals surface area (Å²) in [5, 5.41) is 0. The van der Waals surface area contributed by atoms with Crippen molar-refractivity contribution in [1.82, 2.24) is 0 Å². The van der Waals surface area contributed by atoms with E-state index in [1.165, 1.54) is 0 Å². The first-order valence-electron chi connectivity index (χ1n) is 2.29. The van der Waals surface area contributed by atoms with Gasteiger partial charge in [-0.25, -0.2) is 12.2 Å². The first-order valence-corrected chi connectivity index (χ1v) is 2.29. The van der Waals surface area contributed by atoms with Gasteiger partial charge in [-0.05, 0) is 0 Å². The second-order valence-corrected chi connectivity index (χ2v) is 1.00. The van der Waals surface area contributed by atoms with Gasteiger partial charge in [0.2, 0.25) is 0 Å². The van der Waals surface area contributed by atoms with Crippen molar-refractivity contribution in [2.45, 2.75) is 6.42 Å². The fraction of sp³-hybridized carbons (Fsp3) is 0.143. The number of allylic oxidation sites excluding steroid dienone is 4. The summed E-state index contributed by atoms with van der Waals surface area (Å²) in [6.07, 6.45) is 10.0. The van der Waals surface area contributed by atoms with Gasteiger partial charge in [-0.3, -0.25) is 6.08 Å². The van der Waals surface area contributed by atoms with Crippen LogP contribution in [-0.4, -0.2) is 13.6 Å². The van der Waals surface area contributed by atoms with Crippen LogP contribution < -0.4 is 0 Å². The average Bonchev–Trinajstić information content (AvgIpc) is 2.51. The second kappa shape index (κ2) is 23.6. The van der Waals surface area contributed by atoms with E-state index in [0.29, 0.717) is 0 Å². The molecule has 0 saturated heterocycles. The van der Waals surface area contributed by atoms with E-state index < -0.39 is 0 Å². The van der Waals surface area contributed by atoms with Crippen molar-refractivity contribution in [3.63, 3.8) is 0 Å². The fourth-order valence-electron chi connectivity index (χ4n) is 0.340. The number of rotatable bonds is 0. The third-order valence-corrected chi connectivity index (χ3v) is 0.586. The molecule has 2 nitrogen and oxygen atoms in total. The molecule has 1 aliphatic rings. The predicted octanol–water partition coefficient (Wildman–Crippen LogP) is 0.933. The van der Waals surface area contributed by atoms with Crippen molar-refractivity contribution < 1.29 is 30.0 Å². The number of carbonyl (C=O) groups is 2. The van der Waals surface area contributed by atoms with Crippen molar-refractivity contribution in [3.05, 3.63) is 24.3 Å². The summed E-state index contributed by atoms with van der Waals surface area (Å²) in [7, 11) is 0. The Morgan fingerprint density at radius 2 is 1.70 bits per heavy atom. The van der Waals surface area contributed by atoms with Crippen LogP contribution in [0.4, 0.5) is 0 Å². The summed E-state index contributed by atoms with van der Waals surface area (Å²) < 4.78 is 0. The van der Waals surface area contributed by atoms with Crippen LogP contribution in [0.2, 0.25) is 0 Å². The van der Waals surface area contributed by atoms with E-state index >= 15 is 0 Å². The Bertz CT molecular complexity index is 87.8. The van der Waals surface area contributed by atoms with Crippen molar-refractivity contribution in [2.24, 2.45) is 0 Å². The van der Waals surface area contributed by atoms with Gasteiger partial charge in [0.05, 0.1) is 0 Å². The molecule has 0 atom stereocenters. The zero-order valence-electron chi connectivity index (χ0n) is 5.55. The molecule has 0 aromatic heterocycles. The molecule has 10 heavy (non-hydrogen) atoms. The van der Waals surface area contributed by atoms with Gasteiger partial charge in [-0.2, -0.15) is 6.08 Å². The summed E-state index contributed by atoms with van der Waals surface area (Å²) >= 11 is 0. The molecule has 0 spiro atoms. The molecule has 0 unspecified atom stereocenters. The van der Waals surface area contributed by atoms with E-state index in [2.05, 4.69) is 12.2 Å². The molecule has 0 heterocycles. The van der Waals surface area contributed by atoms with Crippen LogP contribution in [0.25, 0.3) is 0 Å². The van der Waals surface area contributed by atoms with E-state index in [4.69, 9.17) is 9.59 Å². The van der Waals surface area contributed by atoms with Crippen LogP contribution in [-0.2, 0) is 30.0 Å². The van der Waals surface area contributed by atoms with Crippen LogP contribution in [0.3, 0.4) is 0 Å². The molecule has 0 bridgehead atoms. The van der Waals surface area contributed by atoms with Crippen LogP contribution in [0, 0.1) is 6.08 Å². The molecular formula is C7H9O2Re-. The van der Waals surface area contributed by atoms with E-state index in [9.17, 15) is 0 Å². The molecule has 1 radical (unpaired) electrons. The molecule has 0 N–H and O–H groups in total. The van der Waals surface area contributed by atoms with Gasteiger partial charge in [-0.1, -0.05) is 0 Å². The summed E-state index contributed by atoms with van der Waals surface area (Å²) in [4.78, 5) is 16.0. The van der Waals surface area contributed by atoms with Crippen molar-refractivity contribution in [3.8, 4) is 0 Å². The van der Waals surface area contributed by atoms with E-state index in [-0.39, 0.29) is 20.4 Å². The molecule has 0 saturated carbocycles. The van der Waals surface area contributed by atoms with Crippen LogP contribution in [0.5, 0.6) is 0 Å². The Morgan fingerprint density at radius 3 is 1.80 bits per heavy atom. The molecule has 0 amide bonds. The molecule has 0 aromatic carbocycles. The van der Waals surface area contributed by atoms with Crippen molar-refractivity contribution in [1.29, 1.82) is 0 Å². The first kappa shape index (κ1) is 16.2. The molecule has 1 rings (SSSR count). The largest absolute Gasteiger partial charge is 0.307 e. The molecule has 0 fully saturated rings. The van der Waals surface area contributed by atoms with Gasteiger partial charge in [0.25, 0.3) is 0 Å². The second-order valence-electron chi connectivity index (χ2n) is 1.00. The number of carbonyl (C=O) groups excluding carboxylic acids is 2. The third kappa shape index (κ3) is 15.6. The summed E-state index contributed by atoms with van der Waals surface area (Å²) in [6.45, 7) is 4.00. The zero-order chi connectivity index (χ0) is 7.54. The maximum atomic E-state index is 8.00. The molecule has 57 valence electrons. The summed E-state index contributed by atoms with van der Waals surface area (Å²) in [6, 6.07) is 0. The molecule has 1 aliphatic carbocycles. The predicted molar refractivity (Wildman–Crippen MR) is 35.8 cm³/mol. The minimum atomic E-state index is 0. The Morgan fingerprint density at radius 1 is 1.20 bits per heavy atom. The normalized spacial score (nSPS) is 9.60. The third-order valence-electron chi connectivity index (χ3n) is 0.586. The maximum absolute atomic E-state index is 8.00. The minimum absolute atomic E-state index is 0. The number of hydrogen-bond donors (Lipinski definition) is 0. The Labute approximate surface area is 74.7 Å². The average molecular weight is 311 g/mol. The maximum Gasteiger partial charge on any atom is 0.106 e. The smallest absolute Gasteiger partial charge is 0.106 e. The van der Waals surface area contributed by atoms with Crippen LogP contribution in [0.1, 0.15) is 6.42 Å². The van der Waals surface area contributed by atoms with Gasteiger partial charge in [0, 0.05) is 20.4 Å². The van der Waals surface area contributed by atoms with Gasteiger partial charge >= 0.3 is 0 Å². The van der Waals surface area contributed by atoms with E-state index in [1.54, 1.807) is 0 Å². The van der Waals surface area contributed by atoms with Gasteiger partial charge in [-0.15, -0.1) is 6.42 Å². The molecule has 0 aromatic rings. The topological polar surface area (TPSA) is 34.1 Å². The SMILES string of the molecule is C=O.C=O.[C-]1=CC=CC1.[Re]. The monoisotopic (exact) mass is 312 g/mol. The minimum Gasteiger partial charge on any atom is -0.307 e. The van der Waals surface area contributed by atoms with Gasteiger partial charge in [0.15, 0.2) is 0 Å². The molecule has 3 heteroatoms. The summed E-state index contributed by atoms with van der Waals surface area (Å²) in [5.74, 6) is 0. The van der Waals surface area contributed by atoms with Crippen LogP contribution in [0.15, 0.2) is 18.2 Å². The first-order chi connectivity index (χ1) is 4.50.